The van der Waals surface area contributed by atoms with Gasteiger partial charge in [-0.2, -0.15) is 8.42 Å². The van der Waals surface area contributed by atoms with Crippen LogP contribution in [0.1, 0.15) is 69.2 Å². The average molecular weight is 570 g/mol. The van der Waals surface area contributed by atoms with Crippen molar-refractivity contribution in [3.63, 3.8) is 0 Å². The van der Waals surface area contributed by atoms with Crippen LogP contribution in [0.3, 0.4) is 0 Å². The Bertz CT molecular complexity index is 1340. The van der Waals surface area contributed by atoms with Gasteiger partial charge in [0.15, 0.2) is 12.4 Å². The minimum atomic E-state index is -4.52. The van der Waals surface area contributed by atoms with Crippen LogP contribution in [0.2, 0.25) is 0 Å². The first-order valence-electron chi connectivity index (χ1n) is 13.1. The van der Waals surface area contributed by atoms with Crippen LogP contribution >= 0.6 is 0 Å². The molecule has 3 fully saturated rings. The van der Waals surface area contributed by atoms with Crippen LogP contribution in [0.25, 0.3) is 0 Å². The number of ether oxygens (including phenoxy) is 1. The molecule has 4 aliphatic carbocycles. The van der Waals surface area contributed by atoms with E-state index in [9.17, 15) is 37.6 Å². The van der Waals surface area contributed by atoms with Gasteiger partial charge in [0, 0.05) is 41.4 Å². The molecule has 4 aliphatic rings. The molecule has 9 nitrogen and oxygen atoms in total. The fraction of sp³-hybridized carbons (Fsp3) is 0.607. The number of fused-ring (bicyclic) bond motifs is 5. The molecule has 3 saturated carbocycles. The van der Waals surface area contributed by atoms with Crippen molar-refractivity contribution in [3.05, 3.63) is 41.5 Å². The van der Waals surface area contributed by atoms with Crippen molar-refractivity contribution in [1.29, 1.82) is 0 Å². The fourth-order valence-electron chi connectivity index (χ4n) is 8.27. The zero-order valence-electron chi connectivity index (χ0n) is 22.6. The summed E-state index contributed by atoms with van der Waals surface area (Å²) in [5, 5.41) is 23.2. The molecule has 7 atom stereocenters. The van der Waals surface area contributed by atoms with E-state index >= 15 is 0 Å². The first-order valence-corrected chi connectivity index (χ1v) is 14.6. The molecule has 0 aromatic heterocycles. The first-order chi connectivity index (χ1) is 17.7. The van der Waals surface area contributed by atoms with Crippen molar-refractivity contribution < 1.29 is 42.3 Å². The van der Waals surface area contributed by atoms with Crippen LogP contribution in [-0.2, 0) is 24.4 Å². The molecule has 0 spiro atoms. The van der Waals surface area contributed by atoms with E-state index < -0.39 is 50.5 Å². The van der Waals surface area contributed by atoms with Gasteiger partial charge in [-0.3, -0.25) is 14.1 Å². The molecule has 0 unspecified atom stereocenters. The number of esters is 1. The molecule has 11 heteroatoms. The number of carbonyl (C=O) groups excluding carboxylic acids is 3. The van der Waals surface area contributed by atoms with E-state index in [4.69, 9.17) is 4.74 Å². The Morgan fingerprint density at radius 3 is 2.54 bits per heavy atom. The molecule has 0 aliphatic heterocycles. The Morgan fingerprint density at radius 1 is 1.13 bits per heavy atom. The number of benzene rings is 1. The number of Topliss-reactive ketones (excluding diaryl/α,β-unsaturated/α-hetero) is 1. The van der Waals surface area contributed by atoms with Gasteiger partial charge in [0.05, 0.1) is 16.6 Å². The van der Waals surface area contributed by atoms with Gasteiger partial charge < -0.3 is 14.9 Å². The van der Waals surface area contributed by atoms with Crippen LogP contribution in [-0.4, -0.2) is 88.6 Å². The van der Waals surface area contributed by atoms with Crippen molar-refractivity contribution >= 4 is 57.2 Å². The van der Waals surface area contributed by atoms with Crippen molar-refractivity contribution in [2.24, 2.45) is 28.6 Å². The molecular weight excluding hydrogens is 535 g/mol. The zero-order chi connectivity index (χ0) is 27.7. The molecule has 0 saturated heterocycles. The van der Waals surface area contributed by atoms with E-state index in [2.05, 4.69) is 6.92 Å². The largest absolute Gasteiger partial charge is 0.454 e. The molecule has 0 bridgehead atoms. The Hall–Kier alpha value is -1.40. The maximum Gasteiger partial charge on any atom is 0.338 e. The van der Waals surface area contributed by atoms with E-state index in [1.165, 1.54) is 12.1 Å². The standard InChI is InChI=1S/C28H34O9S.Na/c1-26-10-8-18(29)13-17(26)6-7-20-21-9-11-28(33,27(21,2)14-22(30)24(20)26)23(31)15-37-25(32)16-4-3-5-19(12-16)38(34,35)36;/h3-5,12-13,20-22,24,30,33H,6-11,14-15H2,1-2H3,(H,34,35,36);/t20-,21-,22-,24+,26-,27-,28-;/m0./s1. The molecule has 207 valence electrons. The molecule has 0 amide bonds. The number of aliphatic hydroxyl groups excluding tert-OH is 1. The second kappa shape index (κ2) is 10.5. The summed E-state index contributed by atoms with van der Waals surface area (Å²) >= 11 is 0. The SMILES string of the molecule is C[C@]12CCC(=O)C=C1CC[C@@H]1[C@@H]2[C@@H](O)C[C@@]2(C)[C@H]1CC[C@]2(O)C(=O)COC(=O)c1cccc(S(=O)(=O)O)c1.[Na]. The molecule has 1 aromatic carbocycles. The Kier molecular flexibility index (Phi) is 8.19. The number of aliphatic hydroxyl groups is 2. The normalized spacial score (nSPS) is 37.5. The predicted molar refractivity (Wildman–Crippen MR) is 140 cm³/mol. The van der Waals surface area contributed by atoms with Crippen LogP contribution in [0.4, 0.5) is 0 Å². The average Bonchev–Trinajstić information content (AvgIpc) is 3.13. The van der Waals surface area contributed by atoms with Crippen LogP contribution in [0.5, 0.6) is 0 Å². The molecule has 1 aromatic rings. The summed E-state index contributed by atoms with van der Waals surface area (Å²) in [5.74, 6) is -1.46. The van der Waals surface area contributed by atoms with Gasteiger partial charge in [0.25, 0.3) is 10.1 Å². The molecule has 0 heterocycles. The van der Waals surface area contributed by atoms with E-state index in [0.717, 1.165) is 30.5 Å². The number of ketones is 2. The number of hydrogen-bond acceptors (Lipinski definition) is 8. The second-order valence-electron chi connectivity index (χ2n) is 12.0. The third kappa shape index (κ3) is 4.90. The minimum absolute atomic E-state index is 0. The van der Waals surface area contributed by atoms with E-state index in [1.807, 2.05) is 6.92 Å². The van der Waals surface area contributed by atoms with E-state index in [0.29, 0.717) is 19.3 Å². The molecule has 5 rings (SSSR count). The van der Waals surface area contributed by atoms with Gasteiger partial charge in [-0.25, -0.2) is 4.79 Å². The Labute approximate surface area is 250 Å². The van der Waals surface area contributed by atoms with Gasteiger partial charge in [-0.05, 0) is 86.0 Å². The number of hydrogen-bond donors (Lipinski definition) is 3. The summed E-state index contributed by atoms with van der Waals surface area (Å²) in [5.41, 5.74) is -2.04. The minimum Gasteiger partial charge on any atom is -0.454 e. The Balaban J connectivity index is 0.00000353. The monoisotopic (exact) mass is 569 g/mol. The molecular formula is C28H34NaO9S. The summed E-state index contributed by atoms with van der Waals surface area (Å²) < 4.78 is 37.1. The quantitative estimate of drug-likeness (QED) is 0.276. The molecule has 39 heavy (non-hydrogen) atoms. The van der Waals surface area contributed by atoms with Gasteiger partial charge in [-0.15, -0.1) is 0 Å². The summed E-state index contributed by atoms with van der Waals surface area (Å²) in [6.07, 6.45) is 4.70. The van der Waals surface area contributed by atoms with Gasteiger partial charge in [0.2, 0.25) is 5.78 Å². The van der Waals surface area contributed by atoms with Gasteiger partial charge in [0.1, 0.15) is 5.60 Å². The number of carbonyl (C=O) groups is 3. The predicted octanol–water partition coefficient (Wildman–Crippen LogP) is 2.51. The van der Waals surface area contributed by atoms with E-state index in [-0.39, 0.29) is 76.9 Å². The van der Waals surface area contributed by atoms with Crippen LogP contribution < -0.4 is 0 Å². The third-order valence-electron chi connectivity index (χ3n) is 10.2. The maximum atomic E-state index is 13.4. The molecule has 3 N–H and O–H groups in total. The summed E-state index contributed by atoms with van der Waals surface area (Å²) in [6, 6.07) is 4.64. The molecule has 1 radical (unpaired) electrons. The van der Waals surface area contributed by atoms with Crippen molar-refractivity contribution in [1.82, 2.24) is 0 Å². The number of rotatable bonds is 5. The third-order valence-corrected chi connectivity index (χ3v) is 11.1. The van der Waals surface area contributed by atoms with Crippen LogP contribution in [0.15, 0.2) is 40.8 Å². The smallest absolute Gasteiger partial charge is 0.338 e. The van der Waals surface area contributed by atoms with Gasteiger partial charge >= 0.3 is 5.97 Å². The number of allylic oxidation sites excluding steroid dienone is 1. The Morgan fingerprint density at radius 2 is 1.85 bits per heavy atom. The van der Waals surface area contributed by atoms with Crippen molar-refractivity contribution in [2.45, 2.75) is 75.4 Å². The van der Waals surface area contributed by atoms with Crippen molar-refractivity contribution in [3.8, 4) is 0 Å². The maximum absolute atomic E-state index is 13.4. The second-order valence-corrected chi connectivity index (χ2v) is 13.4. The zero-order valence-corrected chi connectivity index (χ0v) is 25.4. The first kappa shape index (κ1) is 30.6. The summed E-state index contributed by atoms with van der Waals surface area (Å²) in [4.78, 5) is 37.5. The van der Waals surface area contributed by atoms with Crippen LogP contribution in [0, 0.1) is 28.6 Å². The topological polar surface area (TPSA) is 155 Å². The summed E-state index contributed by atoms with van der Waals surface area (Å²) in [6.45, 7) is 3.28. The van der Waals surface area contributed by atoms with Crippen molar-refractivity contribution in [2.75, 3.05) is 6.61 Å². The summed E-state index contributed by atoms with van der Waals surface area (Å²) in [7, 11) is -4.52. The van der Waals surface area contributed by atoms with E-state index in [1.54, 1.807) is 6.08 Å². The van der Waals surface area contributed by atoms with Gasteiger partial charge in [-0.1, -0.05) is 25.5 Å². The fourth-order valence-corrected chi connectivity index (χ4v) is 8.79.